The first-order valence-electron chi connectivity index (χ1n) is 7.97. The Morgan fingerprint density at radius 1 is 1.11 bits per heavy atom. The number of likely N-dealkylation sites (tertiary alicyclic amines) is 1. The second-order valence-corrected chi connectivity index (χ2v) is 7.39. The van der Waals surface area contributed by atoms with Crippen LogP contribution in [0, 0.1) is 11.3 Å². The number of hydrogen-bond donors (Lipinski definition) is 1. The lowest BCUT2D eigenvalue weighted by molar-refractivity contribution is 0.113. The molecule has 3 nitrogen and oxygen atoms in total. The highest BCUT2D eigenvalue weighted by atomic mass is 15.1. The van der Waals surface area contributed by atoms with Gasteiger partial charge in [0.2, 0.25) is 0 Å². The number of piperidine rings is 1. The zero-order chi connectivity index (χ0) is 14.3. The third kappa shape index (κ3) is 7.28. The third-order valence-corrected chi connectivity index (χ3v) is 4.38. The summed E-state index contributed by atoms with van der Waals surface area (Å²) in [6.07, 6.45) is 4.01. The predicted octanol–water partition coefficient (Wildman–Crippen LogP) is 2.29. The summed E-state index contributed by atoms with van der Waals surface area (Å²) in [5.74, 6) is 0.914. The summed E-state index contributed by atoms with van der Waals surface area (Å²) < 4.78 is 0. The van der Waals surface area contributed by atoms with E-state index in [4.69, 9.17) is 0 Å². The zero-order valence-corrected chi connectivity index (χ0v) is 13.8. The molecule has 1 saturated heterocycles. The van der Waals surface area contributed by atoms with Crippen LogP contribution in [0.15, 0.2) is 0 Å². The van der Waals surface area contributed by atoms with Crippen molar-refractivity contribution in [3.05, 3.63) is 0 Å². The number of nitrogens with one attached hydrogen (secondary N) is 1. The van der Waals surface area contributed by atoms with E-state index in [0.29, 0.717) is 5.41 Å². The van der Waals surface area contributed by atoms with Crippen LogP contribution in [0.5, 0.6) is 0 Å². The molecule has 0 aromatic heterocycles. The second-order valence-electron chi connectivity index (χ2n) is 7.39. The van der Waals surface area contributed by atoms with Gasteiger partial charge in [0.1, 0.15) is 0 Å². The SMILES string of the molecule is CN(C)CCCNCCN1CCC(C(C)(C)C)CC1. The van der Waals surface area contributed by atoms with Gasteiger partial charge in [-0.2, -0.15) is 0 Å². The Morgan fingerprint density at radius 2 is 1.74 bits per heavy atom. The molecular formula is C16H35N3. The third-order valence-electron chi connectivity index (χ3n) is 4.38. The lowest BCUT2D eigenvalue weighted by atomic mass is 9.75. The Morgan fingerprint density at radius 3 is 2.26 bits per heavy atom. The smallest absolute Gasteiger partial charge is 0.0107 e. The molecule has 0 atom stereocenters. The summed E-state index contributed by atoms with van der Waals surface area (Å²) in [5, 5.41) is 3.56. The molecule has 0 spiro atoms. The molecular weight excluding hydrogens is 234 g/mol. The van der Waals surface area contributed by atoms with Gasteiger partial charge in [-0.1, -0.05) is 20.8 Å². The van der Waals surface area contributed by atoms with Gasteiger partial charge in [-0.25, -0.2) is 0 Å². The first-order chi connectivity index (χ1) is 8.89. The van der Waals surface area contributed by atoms with E-state index >= 15 is 0 Å². The molecule has 19 heavy (non-hydrogen) atoms. The minimum Gasteiger partial charge on any atom is -0.315 e. The Hall–Kier alpha value is -0.120. The molecule has 0 saturated carbocycles. The summed E-state index contributed by atoms with van der Waals surface area (Å²) in [6, 6.07) is 0. The highest BCUT2D eigenvalue weighted by Crippen LogP contribution is 2.33. The van der Waals surface area contributed by atoms with Crippen LogP contribution in [0.4, 0.5) is 0 Å². The van der Waals surface area contributed by atoms with Crippen molar-refractivity contribution in [2.24, 2.45) is 11.3 Å². The van der Waals surface area contributed by atoms with E-state index in [1.807, 2.05) is 0 Å². The van der Waals surface area contributed by atoms with Crippen LogP contribution in [-0.2, 0) is 0 Å². The first-order valence-corrected chi connectivity index (χ1v) is 7.97. The van der Waals surface area contributed by atoms with Crippen molar-refractivity contribution >= 4 is 0 Å². The van der Waals surface area contributed by atoms with Crippen molar-refractivity contribution in [3.63, 3.8) is 0 Å². The lowest BCUT2D eigenvalue weighted by Gasteiger charge is -2.38. The van der Waals surface area contributed by atoms with Gasteiger partial charge >= 0.3 is 0 Å². The first kappa shape index (κ1) is 16.9. The number of nitrogens with zero attached hydrogens (tertiary/aromatic N) is 2. The summed E-state index contributed by atoms with van der Waals surface area (Å²) in [4.78, 5) is 4.88. The highest BCUT2D eigenvalue weighted by Gasteiger charge is 2.28. The van der Waals surface area contributed by atoms with Crippen molar-refractivity contribution in [1.82, 2.24) is 15.1 Å². The summed E-state index contributed by atoms with van der Waals surface area (Å²) in [6.45, 7) is 14.5. The fourth-order valence-corrected chi connectivity index (χ4v) is 2.91. The lowest BCUT2D eigenvalue weighted by Crippen LogP contribution is -2.41. The Labute approximate surface area is 120 Å². The van der Waals surface area contributed by atoms with Crippen LogP contribution in [0.25, 0.3) is 0 Å². The zero-order valence-electron chi connectivity index (χ0n) is 13.8. The second kappa shape index (κ2) is 8.23. The van der Waals surface area contributed by atoms with Gasteiger partial charge < -0.3 is 15.1 Å². The largest absolute Gasteiger partial charge is 0.315 e. The van der Waals surface area contributed by atoms with E-state index in [1.165, 1.54) is 45.4 Å². The molecule has 1 N–H and O–H groups in total. The van der Waals surface area contributed by atoms with Crippen molar-refractivity contribution in [1.29, 1.82) is 0 Å². The van der Waals surface area contributed by atoms with Gasteiger partial charge in [-0.15, -0.1) is 0 Å². The predicted molar refractivity (Wildman–Crippen MR) is 84.7 cm³/mol. The van der Waals surface area contributed by atoms with Crippen LogP contribution in [0.3, 0.4) is 0 Å². The van der Waals surface area contributed by atoms with Crippen LogP contribution in [0.1, 0.15) is 40.0 Å². The van der Waals surface area contributed by atoms with E-state index in [2.05, 4.69) is 50.0 Å². The topological polar surface area (TPSA) is 18.5 Å². The van der Waals surface area contributed by atoms with Crippen molar-refractivity contribution in [3.8, 4) is 0 Å². The molecule has 0 aliphatic carbocycles. The summed E-state index contributed by atoms with van der Waals surface area (Å²) in [7, 11) is 4.28. The molecule has 3 heteroatoms. The van der Waals surface area contributed by atoms with Crippen molar-refractivity contribution in [2.75, 3.05) is 53.4 Å². The van der Waals surface area contributed by atoms with Crippen molar-refractivity contribution in [2.45, 2.75) is 40.0 Å². The molecule has 0 unspecified atom stereocenters. The standard InChI is InChI=1S/C16H35N3/c1-16(2,3)15-7-12-19(13-8-15)14-10-17-9-6-11-18(4)5/h15,17H,6-14H2,1-5H3. The van der Waals surface area contributed by atoms with Gasteiger partial charge in [-0.05, 0) is 70.9 Å². The summed E-state index contributed by atoms with van der Waals surface area (Å²) in [5.41, 5.74) is 0.497. The van der Waals surface area contributed by atoms with Crippen LogP contribution in [-0.4, -0.2) is 63.2 Å². The monoisotopic (exact) mass is 269 g/mol. The molecule has 1 heterocycles. The quantitative estimate of drug-likeness (QED) is 0.715. The molecule has 0 radical (unpaired) electrons. The molecule has 0 aromatic carbocycles. The molecule has 114 valence electrons. The van der Waals surface area contributed by atoms with Gasteiger partial charge in [0, 0.05) is 13.1 Å². The van der Waals surface area contributed by atoms with E-state index in [1.54, 1.807) is 0 Å². The van der Waals surface area contributed by atoms with Crippen LogP contribution < -0.4 is 5.32 Å². The van der Waals surface area contributed by atoms with E-state index in [0.717, 1.165) is 19.0 Å². The van der Waals surface area contributed by atoms with Gasteiger partial charge in [0.15, 0.2) is 0 Å². The van der Waals surface area contributed by atoms with Gasteiger partial charge in [0.05, 0.1) is 0 Å². The molecule has 0 aromatic rings. The normalized spacial score (nSPS) is 19.3. The molecule has 1 aliphatic rings. The van der Waals surface area contributed by atoms with E-state index < -0.39 is 0 Å². The van der Waals surface area contributed by atoms with Crippen LogP contribution >= 0.6 is 0 Å². The Kier molecular flexibility index (Phi) is 7.33. The maximum absolute atomic E-state index is 3.56. The van der Waals surface area contributed by atoms with Crippen LogP contribution in [0.2, 0.25) is 0 Å². The number of rotatable bonds is 7. The minimum atomic E-state index is 0.497. The fourth-order valence-electron chi connectivity index (χ4n) is 2.91. The fraction of sp³-hybridized carbons (Fsp3) is 1.00. The molecule has 1 aliphatic heterocycles. The molecule has 1 rings (SSSR count). The van der Waals surface area contributed by atoms with Gasteiger partial charge in [0.25, 0.3) is 0 Å². The molecule has 1 fully saturated rings. The van der Waals surface area contributed by atoms with Crippen molar-refractivity contribution < 1.29 is 0 Å². The summed E-state index contributed by atoms with van der Waals surface area (Å²) >= 11 is 0. The average Bonchev–Trinajstić information content (AvgIpc) is 2.32. The van der Waals surface area contributed by atoms with E-state index in [-0.39, 0.29) is 0 Å². The molecule has 0 bridgehead atoms. The molecule has 0 amide bonds. The average molecular weight is 269 g/mol. The maximum Gasteiger partial charge on any atom is 0.0107 e. The Balaban J connectivity index is 2.01. The van der Waals surface area contributed by atoms with E-state index in [9.17, 15) is 0 Å². The maximum atomic E-state index is 3.56. The highest BCUT2D eigenvalue weighted by molar-refractivity contribution is 4.80. The Bertz CT molecular complexity index is 225. The van der Waals surface area contributed by atoms with Gasteiger partial charge in [-0.3, -0.25) is 0 Å². The minimum absolute atomic E-state index is 0.497. The number of hydrogen-bond acceptors (Lipinski definition) is 3.